The Morgan fingerprint density at radius 1 is 1.17 bits per heavy atom. The second-order valence-electron chi connectivity index (χ2n) is 3.22. The molecule has 0 spiro atoms. The molecule has 5 heteroatoms. The summed E-state index contributed by atoms with van der Waals surface area (Å²) in [5.74, 6) is -6.24. The molecule has 0 amide bonds. The third-order valence-corrected chi connectivity index (χ3v) is 2.33. The molecule has 1 aliphatic carbocycles. The van der Waals surface area contributed by atoms with Crippen molar-refractivity contribution in [3.8, 4) is 0 Å². The number of fused-ring (bicyclic) bond motifs is 1. The van der Waals surface area contributed by atoms with E-state index in [1.807, 2.05) is 0 Å². The summed E-state index contributed by atoms with van der Waals surface area (Å²) in [7, 11) is 0. The molecule has 2 fully saturated rings. The van der Waals surface area contributed by atoms with Crippen molar-refractivity contribution >= 4 is 11.9 Å². The highest BCUT2D eigenvalue weighted by Gasteiger charge is 2.57. The van der Waals surface area contributed by atoms with Crippen molar-refractivity contribution in [3.05, 3.63) is 0 Å². The zero-order chi connectivity index (χ0) is 8.93. The number of carbonyl (C=O) groups excluding carboxylic acids is 2. The fraction of sp³-hybridized carbons (Fsp3) is 0.714. The molecule has 3 nitrogen and oxygen atoms in total. The van der Waals surface area contributed by atoms with Gasteiger partial charge >= 0.3 is 11.9 Å². The van der Waals surface area contributed by atoms with Gasteiger partial charge in [0.15, 0.2) is 0 Å². The summed E-state index contributed by atoms with van der Waals surface area (Å²) < 4.78 is 29.5. The number of hydrogen-bond acceptors (Lipinski definition) is 3. The first-order valence-electron chi connectivity index (χ1n) is 3.63. The monoisotopic (exact) mass is 176 g/mol. The number of halogens is 2. The topological polar surface area (TPSA) is 43.4 Å². The zero-order valence-electron chi connectivity index (χ0n) is 6.05. The molecule has 1 saturated carbocycles. The molecule has 0 radical (unpaired) electrons. The zero-order valence-corrected chi connectivity index (χ0v) is 6.05. The van der Waals surface area contributed by atoms with Crippen LogP contribution in [0.15, 0.2) is 0 Å². The lowest BCUT2D eigenvalue weighted by atomic mass is 10.00. The number of ether oxygens (including phenoxy) is 1. The van der Waals surface area contributed by atoms with E-state index in [1.165, 1.54) is 0 Å². The van der Waals surface area contributed by atoms with E-state index in [0.717, 1.165) is 0 Å². The maximum absolute atomic E-state index is 12.7. The minimum absolute atomic E-state index is 0.539. The normalized spacial score (nSPS) is 38.2. The molecular formula is C7H6F2O3. The standard InChI is InChI=1S/C7H6F2O3/c8-7(9)1-3-4(2-7)6(11)12-5(3)10/h3-4H,1-2H2. The Bertz CT molecular complexity index is 237. The van der Waals surface area contributed by atoms with E-state index < -0.39 is 42.5 Å². The maximum Gasteiger partial charge on any atom is 0.317 e. The molecule has 1 heterocycles. The van der Waals surface area contributed by atoms with Crippen molar-refractivity contribution in [2.24, 2.45) is 11.8 Å². The van der Waals surface area contributed by atoms with Crippen LogP contribution >= 0.6 is 0 Å². The van der Waals surface area contributed by atoms with E-state index in [1.54, 1.807) is 0 Å². The Morgan fingerprint density at radius 2 is 1.58 bits per heavy atom. The minimum atomic E-state index is -2.87. The molecular weight excluding hydrogens is 170 g/mol. The lowest BCUT2D eigenvalue weighted by Gasteiger charge is -2.07. The third kappa shape index (κ3) is 0.922. The first kappa shape index (κ1) is 7.64. The second kappa shape index (κ2) is 2.02. The summed E-state index contributed by atoms with van der Waals surface area (Å²) in [5, 5.41) is 0. The van der Waals surface area contributed by atoms with Gasteiger partial charge in [0.2, 0.25) is 5.92 Å². The molecule has 66 valence electrons. The molecule has 2 rings (SSSR count). The van der Waals surface area contributed by atoms with Crippen LogP contribution in [0.3, 0.4) is 0 Å². The molecule has 2 unspecified atom stereocenters. The number of hydrogen-bond donors (Lipinski definition) is 0. The Morgan fingerprint density at radius 3 is 2.00 bits per heavy atom. The van der Waals surface area contributed by atoms with Gasteiger partial charge in [0.1, 0.15) is 0 Å². The van der Waals surface area contributed by atoms with Crippen molar-refractivity contribution in [2.75, 3.05) is 0 Å². The average molecular weight is 176 g/mol. The number of rotatable bonds is 0. The highest BCUT2D eigenvalue weighted by Crippen LogP contribution is 2.46. The number of carbonyl (C=O) groups is 2. The highest BCUT2D eigenvalue weighted by molar-refractivity contribution is 5.97. The molecule has 0 aromatic rings. The van der Waals surface area contributed by atoms with Crippen LogP contribution < -0.4 is 0 Å². The van der Waals surface area contributed by atoms with Crippen molar-refractivity contribution in [2.45, 2.75) is 18.8 Å². The van der Waals surface area contributed by atoms with Gasteiger partial charge in [-0.15, -0.1) is 0 Å². The molecule has 1 aliphatic heterocycles. The van der Waals surface area contributed by atoms with Gasteiger partial charge in [-0.2, -0.15) is 0 Å². The van der Waals surface area contributed by atoms with Gasteiger partial charge in [-0.3, -0.25) is 9.59 Å². The molecule has 0 aromatic carbocycles. The molecule has 0 aromatic heterocycles. The Hall–Kier alpha value is -1.00. The van der Waals surface area contributed by atoms with Crippen molar-refractivity contribution in [3.63, 3.8) is 0 Å². The Kier molecular flexibility index (Phi) is 1.29. The van der Waals surface area contributed by atoms with Gasteiger partial charge in [0.05, 0.1) is 11.8 Å². The summed E-state index contributed by atoms with van der Waals surface area (Å²) in [5.41, 5.74) is 0. The first-order valence-corrected chi connectivity index (χ1v) is 3.63. The van der Waals surface area contributed by atoms with Crippen LogP contribution in [0.1, 0.15) is 12.8 Å². The smallest absolute Gasteiger partial charge is 0.317 e. The summed E-state index contributed by atoms with van der Waals surface area (Å²) in [6.45, 7) is 0. The fourth-order valence-electron chi connectivity index (χ4n) is 1.76. The SMILES string of the molecule is O=C1OC(=O)C2CC(F)(F)CC12. The quantitative estimate of drug-likeness (QED) is 0.403. The van der Waals surface area contributed by atoms with Crippen molar-refractivity contribution in [1.29, 1.82) is 0 Å². The van der Waals surface area contributed by atoms with Crippen LogP contribution in [0.4, 0.5) is 8.78 Å². The lowest BCUT2D eigenvalue weighted by molar-refractivity contribution is -0.156. The number of esters is 2. The summed E-state index contributed by atoms with van der Waals surface area (Å²) in [6, 6.07) is 0. The van der Waals surface area contributed by atoms with Crippen LogP contribution in [0.25, 0.3) is 0 Å². The summed E-state index contributed by atoms with van der Waals surface area (Å²) >= 11 is 0. The van der Waals surface area contributed by atoms with Gasteiger partial charge in [-0.05, 0) is 0 Å². The predicted octanol–water partition coefficient (Wildman–Crippen LogP) is 0.731. The van der Waals surface area contributed by atoms with Crippen LogP contribution in [0.2, 0.25) is 0 Å². The van der Waals surface area contributed by atoms with Crippen LogP contribution in [-0.2, 0) is 14.3 Å². The maximum atomic E-state index is 12.7. The summed E-state index contributed by atoms with van der Waals surface area (Å²) in [4.78, 5) is 21.6. The van der Waals surface area contributed by atoms with E-state index in [4.69, 9.17) is 0 Å². The molecule has 2 aliphatic rings. The highest BCUT2D eigenvalue weighted by atomic mass is 19.3. The van der Waals surface area contributed by atoms with Crippen LogP contribution in [0, 0.1) is 11.8 Å². The first-order chi connectivity index (χ1) is 5.49. The van der Waals surface area contributed by atoms with E-state index in [2.05, 4.69) is 4.74 Å². The Balaban J connectivity index is 2.26. The van der Waals surface area contributed by atoms with Crippen molar-refractivity contribution in [1.82, 2.24) is 0 Å². The number of alkyl halides is 2. The van der Waals surface area contributed by atoms with Crippen LogP contribution in [-0.4, -0.2) is 17.9 Å². The lowest BCUT2D eigenvalue weighted by Crippen LogP contribution is -2.16. The largest absolute Gasteiger partial charge is 0.393 e. The van der Waals surface area contributed by atoms with E-state index in [-0.39, 0.29) is 0 Å². The van der Waals surface area contributed by atoms with E-state index in [0.29, 0.717) is 0 Å². The fourth-order valence-corrected chi connectivity index (χ4v) is 1.76. The van der Waals surface area contributed by atoms with Gasteiger partial charge in [-0.25, -0.2) is 8.78 Å². The van der Waals surface area contributed by atoms with Crippen molar-refractivity contribution < 1.29 is 23.1 Å². The van der Waals surface area contributed by atoms with Gasteiger partial charge in [0, 0.05) is 12.8 Å². The minimum Gasteiger partial charge on any atom is -0.393 e. The average Bonchev–Trinajstić information content (AvgIpc) is 2.34. The van der Waals surface area contributed by atoms with Gasteiger partial charge in [-0.1, -0.05) is 0 Å². The molecule has 1 saturated heterocycles. The van der Waals surface area contributed by atoms with E-state index in [9.17, 15) is 18.4 Å². The molecule has 2 atom stereocenters. The van der Waals surface area contributed by atoms with E-state index >= 15 is 0 Å². The second-order valence-corrected chi connectivity index (χ2v) is 3.22. The Labute approximate surface area is 66.7 Å². The summed E-state index contributed by atoms with van der Waals surface area (Å²) in [6.07, 6.45) is -1.08. The third-order valence-electron chi connectivity index (χ3n) is 2.33. The molecule has 0 N–H and O–H groups in total. The predicted molar refractivity (Wildman–Crippen MR) is 32.3 cm³/mol. The molecule has 12 heavy (non-hydrogen) atoms. The number of cyclic esters (lactones) is 2. The molecule has 0 bridgehead atoms. The van der Waals surface area contributed by atoms with Crippen LogP contribution in [0.5, 0.6) is 0 Å². The van der Waals surface area contributed by atoms with Gasteiger partial charge in [0.25, 0.3) is 0 Å². The van der Waals surface area contributed by atoms with Gasteiger partial charge < -0.3 is 4.74 Å².